The molecule has 1 aliphatic carbocycles. The van der Waals surface area contributed by atoms with Crippen LogP contribution in [0, 0.1) is 11.8 Å². The first-order valence-corrected chi connectivity index (χ1v) is 10.6. The van der Waals surface area contributed by atoms with E-state index in [-0.39, 0.29) is 18.6 Å². The first-order valence-electron chi connectivity index (χ1n) is 10.6. The monoisotopic (exact) mass is 427 g/mol. The first-order chi connectivity index (χ1) is 15.7. The summed E-state index contributed by atoms with van der Waals surface area (Å²) in [4.78, 5) is 12.7. The molecule has 6 rings (SSSR count). The highest BCUT2D eigenvalue weighted by atomic mass is 16.7. The van der Waals surface area contributed by atoms with E-state index in [1.54, 1.807) is 4.68 Å². The predicted octanol–water partition coefficient (Wildman–Crippen LogP) is 3.86. The lowest BCUT2D eigenvalue weighted by Crippen LogP contribution is -2.15. The summed E-state index contributed by atoms with van der Waals surface area (Å²) in [6.07, 6.45) is 0.913. The number of fused-ring (bicyclic) bond motifs is 2. The molecule has 2 aliphatic rings. The lowest BCUT2D eigenvalue weighted by molar-refractivity contribution is -0.117. The van der Waals surface area contributed by atoms with Crippen LogP contribution in [-0.2, 0) is 11.3 Å². The van der Waals surface area contributed by atoms with Crippen molar-refractivity contribution in [3.63, 3.8) is 0 Å². The van der Waals surface area contributed by atoms with E-state index in [1.165, 1.54) is 0 Å². The first kappa shape index (κ1) is 18.8. The minimum Gasteiger partial charge on any atom is -0.454 e. The molecule has 1 saturated carbocycles. The fourth-order valence-corrected chi connectivity index (χ4v) is 4.02. The van der Waals surface area contributed by atoms with Gasteiger partial charge in [-0.1, -0.05) is 37.3 Å². The van der Waals surface area contributed by atoms with E-state index in [2.05, 4.69) is 27.5 Å². The van der Waals surface area contributed by atoms with E-state index in [4.69, 9.17) is 9.47 Å². The van der Waals surface area contributed by atoms with Gasteiger partial charge in [0.05, 0.1) is 17.6 Å². The molecule has 2 atom stereocenters. The second-order valence-electron chi connectivity index (χ2n) is 8.34. The van der Waals surface area contributed by atoms with Crippen LogP contribution in [0.15, 0.2) is 54.6 Å². The maximum Gasteiger partial charge on any atom is 0.231 e. The van der Waals surface area contributed by atoms with Crippen LogP contribution in [-0.4, -0.2) is 32.7 Å². The smallest absolute Gasteiger partial charge is 0.231 e. The summed E-state index contributed by atoms with van der Waals surface area (Å²) in [6, 6.07) is 17.6. The molecule has 1 fully saturated rings. The van der Waals surface area contributed by atoms with Crippen molar-refractivity contribution in [3.8, 4) is 22.8 Å². The average molecular weight is 427 g/mol. The molecule has 160 valence electrons. The molecule has 0 spiro atoms. The van der Waals surface area contributed by atoms with E-state index in [9.17, 15) is 4.79 Å². The van der Waals surface area contributed by atoms with Crippen molar-refractivity contribution < 1.29 is 14.3 Å². The standard InChI is InChI=1S/C24H21N5O3/c1-14-9-17(14)24(30)25-22-18-11-19(16-7-8-20-21(10-16)32-13-31-20)26-27-23(18)29(28-22)12-15-5-3-2-4-6-15/h2-8,10-11,14,17H,9,12-13H2,1H3,(H,25,28,30)/t14-,17+/m1/s1. The third-order valence-corrected chi connectivity index (χ3v) is 6.03. The molecule has 0 saturated heterocycles. The summed E-state index contributed by atoms with van der Waals surface area (Å²) < 4.78 is 12.7. The van der Waals surface area contributed by atoms with E-state index in [0.29, 0.717) is 41.1 Å². The Labute approximate surface area is 184 Å². The molecule has 8 nitrogen and oxygen atoms in total. The van der Waals surface area contributed by atoms with E-state index in [0.717, 1.165) is 22.9 Å². The molecular formula is C24H21N5O3. The van der Waals surface area contributed by atoms with Crippen molar-refractivity contribution in [2.24, 2.45) is 11.8 Å². The molecule has 1 N–H and O–H groups in total. The molecule has 3 heterocycles. The summed E-state index contributed by atoms with van der Waals surface area (Å²) in [7, 11) is 0. The number of nitrogens with zero attached hydrogens (tertiary/aromatic N) is 4. The van der Waals surface area contributed by atoms with E-state index in [1.807, 2.05) is 54.6 Å². The van der Waals surface area contributed by atoms with E-state index >= 15 is 0 Å². The number of carbonyl (C=O) groups is 1. The van der Waals surface area contributed by atoms with Gasteiger partial charge in [0.15, 0.2) is 23.0 Å². The second kappa shape index (κ2) is 7.33. The highest BCUT2D eigenvalue weighted by Crippen LogP contribution is 2.39. The van der Waals surface area contributed by atoms with Crippen molar-refractivity contribution in [1.82, 2.24) is 20.0 Å². The highest BCUT2D eigenvalue weighted by Gasteiger charge is 2.39. The summed E-state index contributed by atoms with van der Waals surface area (Å²) in [6.45, 7) is 2.83. The van der Waals surface area contributed by atoms with Gasteiger partial charge in [-0.3, -0.25) is 4.79 Å². The van der Waals surface area contributed by atoms with Crippen molar-refractivity contribution in [2.45, 2.75) is 19.9 Å². The van der Waals surface area contributed by atoms with E-state index < -0.39 is 0 Å². The molecule has 0 radical (unpaired) electrons. The van der Waals surface area contributed by atoms with Crippen LogP contribution in [0.5, 0.6) is 11.5 Å². The average Bonchev–Trinajstić information content (AvgIpc) is 3.23. The van der Waals surface area contributed by atoms with Crippen molar-refractivity contribution in [1.29, 1.82) is 0 Å². The quantitative estimate of drug-likeness (QED) is 0.520. The Balaban J connectivity index is 1.41. The van der Waals surface area contributed by atoms with Gasteiger partial charge in [-0.15, -0.1) is 10.2 Å². The fraction of sp³-hybridized carbons (Fsp3) is 0.250. The van der Waals surface area contributed by atoms with Gasteiger partial charge in [-0.25, -0.2) is 4.68 Å². The lowest BCUT2D eigenvalue weighted by atomic mass is 10.1. The van der Waals surface area contributed by atoms with Gasteiger partial charge in [0.2, 0.25) is 12.7 Å². The summed E-state index contributed by atoms with van der Waals surface area (Å²) in [5, 5.41) is 17.4. The number of nitrogens with one attached hydrogen (secondary N) is 1. The molecule has 0 unspecified atom stereocenters. The Morgan fingerprint density at radius 2 is 1.91 bits per heavy atom. The zero-order valence-corrected chi connectivity index (χ0v) is 17.5. The number of anilines is 1. The number of benzene rings is 2. The number of amides is 1. The van der Waals surface area contributed by atoms with Crippen molar-refractivity contribution >= 4 is 22.8 Å². The highest BCUT2D eigenvalue weighted by molar-refractivity contribution is 6.01. The third-order valence-electron chi connectivity index (χ3n) is 6.03. The van der Waals surface area contributed by atoms with Crippen molar-refractivity contribution in [2.75, 3.05) is 12.1 Å². The van der Waals surface area contributed by atoms with Gasteiger partial charge in [0.25, 0.3) is 0 Å². The Bertz CT molecular complexity index is 1330. The number of hydrogen-bond acceptors (Lipinski definition) is 6. The number of rotatable bonds is 5. The lowest BCUT2D eigenvalue weighted by Gasteiger charge is -2.04. The zero-order chi connectivity index (χ0) is 21.7. The molecule has 0 bridgehead atoms. The van der Waals surface area contributed by atoms with Crippen LogP contribution < -0.4 is 14.8 Å². The fourth-order valence-electron chi connectivity index (χ4n) is 4.02. The largest absolute Gasteiger partial charge is 0.454 e. The Morgan fingerprint density at radius 3 is 2.72 bits per heavy atom. The second-order valence-corrected chi connectivity index (χ2v) is 8.34. The Morgan fingerprint density at radius 1 is 1.09 bits per heavy atom. The Kier molecular flexibility index (Phi) is 4.31. The number of carbonyl (C=O) groups excluding carboxylic acids is 1. The summed E-state index contributed by atoms with van der Waals surface area (Å²) >= 11 is 0. The summed E-state index contributed by atoms with van der Waals surface area (Å²) in [5.74, 6) is 2.37. The topological polar surface area (TPSA) is 91.2 Å². The van der Waals surface area contributed by atoms with Gasteiger partial charge >= 0.3 is 0 Å². The number of aromatic nitrogens is 4. The molecular weight excluding hydrogens is 406 g/mol. The maximum atomic E-state index is 12.7. The minimum absolute atomic E-state index is 0.00482. The number of ether oxygens (including phenoxy) is 2. The van der Waals surface area contributed by atoms with Crippen LogP contribution in [0.4, 0.5) is 5.82 Å². The normalized spacial score (nSPS) is 18.7. The number of hydrogen-bond donors (Lipinski definition) is 1. The molecule has 2 aromatic heterocycles. The van der Waals surface area contributed by atoms with Gasteiger partial charge in [-0.05, 0) is 42.2 Å². The van der Waals surface area contributed by atoms with Crippen LogP contribution >= 0.6 is 0 Å². The molecule has 1 amide bonds. The SMILES string of the molecule is C[C@@H]1C[C@@H]1C(=O)Nc1nn(Cc2ccccc2)c2nnc(-c3ccc4c(c3)OCO4)cc12. The van der Waals surface area contributed by atoms with Gasteiger partial charge < -0.3 is 14.8 Å². The molecule has 1 aliphatic heterocycles. The van der Waals surface area contributed by atoms with Gasteiger partial charge in [0, 0.05) is 11.5 Å². The minimum atomic E-state index is 0.00482. The van der Waals surface area contributed by atoms with Crippen LogP contribution in [0.3, 0.4) is 0 Å². The van der Waals surface area contributed by atoms with Gasteiger partial charge in [-0.2, -0.15) is 5.10 Å². The van der Waals surface area contributed by atoms with Crippen LogP contribution in [0.1, 0.15) is 18.9 Å². The Hall–Kier alpha value is -3.94. The predicted molar refractivity (Wildman–Crippen MR) is 118 cm³/mol. The molecule has 2 aromatic carbocycles. The summed E-state index contributed by atoms with van der Waals surface area (Å²) in [5.41, 5.74) is 3.24. The third kappa shape index (κ3) is 3.33. The van der Waals surface area contributed by atoms with Crippen LogP contribution in [0.2, 0.25) is 0 Å². The van der Waals surface area contributed by atoms with Crippen molar-refractivity contribution in [3.05, 3.63) is 60.2 Å². The zero-order valence-electron chi connectivity index (χ0n) is 17.5. The molecule has 32 heavy (non-hydrogen) atoms. The van der Waals surface area contributed by atoms with Crippen LogP contribution in [0.25, 0.3) is 22.3 Å². The van der Waals surface area contributed by atoms with Gasteiger partial charge in [0.1, 0.15) is 0 Å². The molecule has 4 aromatic rings. The maximum absolute atomic E-state index is 12.7. The molecule has 8 heteroatoms.